The molecule has 45 heavy (non-hydrogen) atoms. The third kappa shape index (κ3) is 6.91. The van der Waals surface area contributed by atoms with Crippen LogP contribution in [0, 0.1) is 23.3 Å². The molecule has 2 heterocycles. The molecule has 0 spiro atoms. The van der Waals surface area contributed by atoms with Crippen molar-refractivity contribution in [3.8, 4) is 5.75 Å². The first kappa shape index (κ1) is 30.8. The van der Waals surface area contributed by atoms with Crippen LogP contribution < -0.4 is 10.1 Å². The van der Waals surface area contributed by atoms with E-state index in [1.165, 1.54) is 12.1 Å². The molecule has 2 amide bonds. The number of ether oxygens (including phenoxy) is 1. The van der Waals surface area contributed by atoms with Crippen LogP contribution in [0.25, 0.3) is 5.57 Å². The minimum Gasteiger partial charge on any atom is -0.488 e. The second-order valence-corrected chi connectivity index (χ2v) is 12.0. The number of hydrogen-bond donors (Lipinski definition) is 1. The van der Waals surface area contributed by atoms with Gasteiger partial charge in [0.15, 0.2) is 17.4 Å². The summed E-state index contributed by atoms with van der Waals surface area (Å²) in [5.41, 5.74) is 4.36. The molecule has 0 unspecified atom stereocenters. The quantitative estimate of drug-likeness (QED) is 0.177. The zero-order valence-electron chi connectivity index (χ0n) is 25.0. The zero-order chi connectivity index (χ0) is 31.7. The van der Waals surface area contributed by atoms with Crippen molar-refractivity contribution in [3.63, 3.8) is 0 Å². The molecule has 6 rings (SSSR count). The first-order valence-corrected chi connectivity index (χ1v) is 15.3. The van der Waals surface area contributed by atoms with E-state index in [1.54, 1.807) is 24.0 Å². The maximum absolute atomic E-state index is 14.4. The summed E-state index contributed by atoms with van der Waals surface area (Å²) in [6.45, 7) is 2.89. The number of hydrogen-bond acceptors (Lipinski definition) is 4. The fourth-order valence-electron chi connectivity index (χ4n) is 6.28. The number of fused-ring (bicyclic) bond motifs is 2. The van der Waals surface area contributed by atoms with Crippen LogP contribution in [0.2, 0.25) is 0 Å². The molecule has 1 saturated heterocycles. The minimum atomic E-state index is -1.34. The van der Waals surface area contributed by atoms with Gasteiger partial charge in [0.25, 0.3) is 5.91 Å². The number of carbonyl (C=O) groups excluding carboxylic acids is 2. The molecule has 3 aliphatic rings. The Bertz CT molecular complexity index is 1610. The van der Waals surface area contributed by atoms with Gasteiger partial charge in [-0.25, -0.2) is 13.2 Å². The van der Waals surface area contributed by atoms with Crippen LogP contribution in [0.5, 0.6) is 5.75 Å². The van der Waals surface area contributed by atoms with Crippen molar-refractivity contribution in [2.45, 2.75) is 63.7 Å². The molecular formula is C35H35F4N3O3. The van der Waals surface area contributed by atoms with Crippen LogP contribution in [0.3, 0.4) is 0 Å². The van der Waals surface area contributed by atoms with Crippen molar-refractivity contribution >= 4 is 17.4 Å². The monoisotopic (exact) mass is 621 g/mol. The standard InChI is InChI=1S/C35H35F4N3O3/c1-21(43)41-19-26-17-28(24-8-4-22(5-9-24)3-2-16-45-34-30(38)15-14-29(37)33(34)39)32(31(20-41)40-26)35(44)42(27-12-13-27)18-23-6-10-25(36)11-7-23/h4-11,14-15,26-27,31,40H,2-3,12-13,16-20H2,1H3/t26-,31-/m1/s1. The highest BCUT2D eigenvalue weighted by atomic mass is 19.2. The van der Waals surface area contributed by atoms with Gasteiger partial charge in [-0.3, -0.25) is 9.59 Å². The van der Waals surface area contributed by atoms with Gasteiger partial charge in [0.2, 0.25) is 11.7 Å². The smallest absolute Gasteiger partial charge is 0.252 e. The van der Waals surface area contributed by atoms with Gasteiger partial charge in [-0.2, -0.15) is 4.39 Å². The van der Waals surface area contributed by atoms with E-state index in [1.807, 2.05) is 29.2 Å². The second kappa shape index (κ2) is 13.0. The SMILES string of the molecule is CC(=O)N1C[C@H]2CC(c3ccc(CCCOc4c(F)ccc(F)c4F)cc3)=C(C(=O)N(Cc3ccc(F)cc3)C3CC3)[C@@H](C1)N2. The molecule has 3 aromatic carbocycles. The second-order valence-electron chi connectivity index (χ2n) is 12.0. The lowest BCUT2D eigenvalue weighted by atomic mass is 9.82. The number of benzene rings is 3. The summed E-state index contributed by atoms with van der Waals surface area (Å²) >= 11 is 0. The number of piperazine rings is 1. The molecule has 2 atom stereocenters. The fourth-order valence-corrected chi connectivity index (χ4v) is 6.28. The fraction of sp³-hybridized carbons (Fsp3) is 0.371. The van der Waals surface area contributed by atoms with Crippen molar-refractivity contribution in [1.29, 1.82) is 0 Å². The molecule has 2 aliphatic heterocycles. The van der Waals surface area contributed by atoms with E-state index in [9.17, 15) is 27.2 Å². The van der Waals surface area contributed by atoms with E-state index in [2.05, 4.69) is 5.32 Å². The Balaban J connectivity index is 1.22. The van der Waals surface area contributed by atoms with Gasteiger partial charge >= 0.3 is 0 Å². The maximum atomic E-state index is 14.4. The van der Waals surface area contributed by atoms with Crippen molar-refractivity contribution in [2.24, 2.45) is 0 Å². The van der Waals surface area contributed by atoms with E-state index in [4.69, 9.17) is 4.74 Å². The molecule has 3 aromatic rings. The Morgan fingerprint density at radius 2 is 1.60 bits per heavy atom. The first-order chi connectivity index (χ1) is 21.7. The summed E-state index contributed by atoms with van der Waals surface area (Å²) in [5, 5.41) is 3.58. The number of aryl methyl sites for hydroxylation is 1. The molecule has 236 valence electrons. The summed E-state index contributed by atoms with van der Waals surface area (Å²) in [6.07, 6.45) is 3.42. The summed E-state index contributed by atoms with van der Waals surface area (Å²) in [5.74, 6) is -4.59. The molecule has 1 N–H and O–H groups in total. The van der Waals surface area contributed by atoms with E-state index < -0.39 is 23.2 Å². The highest BCUT2D eigenvalue weighted by molar-refractivity contribution is 6.03. The average Bonchev–Trinajstić information content (AvgIpc) is 3.87. The van der Waals surface area contributed by atoms with Crippen LogP contribution in [-0.4, -0.2) is 59.4 Å². The minimum absolute atomic E-state index is 0.00566. The third-order valence-corrected chi connectivity index (χ3v) is 8.76. The highest BCUT2D eigenvalue weighted by Gasteiger charge is 2.43. The zero-order valence-corrected chi connectivity index (χ0v) is 25.0. The number of nitrogens with one attached hydrogen (secondary N) is 1. The lowest BCUT2D eigenvalue weighted by Gasteiger charge is -2.44. The summed E-state index contributed by atoms with van der Waals surface area (Å²) in [4.78, 5) is 30.4. The topological polar surface area (TPSA) is 61.9 Å². The lowest BCUT2D eigenvalue weighted by molar-refractivity contribution is -0.132. The summed E-state index contributed by atoms with van der Waals surface area (Å²) < 4.78 is 60.0. The largest absolute Gasteiger partial charge is 0.488 e. The molecule has 2 bridgehead atoms. The normalized spacial score (nSPS) is 19.4. The van der Waals surface area contributed by atoms with Gasteiger partial charge in [-0.1, -0.05) is 36.4 Å². The van der Waals surface area contributed by atoms with Crippen LogP contribution in [-0.2, 0) is 22.6 Å². The van der Waals surface area contributed by atoms with Gasteiger partial charge in [0.1, 0.15) is 5.82 Å². The Kier molecular flexibility index (Phi) is 8.94. The van der Waals surface area contributed by atoms with E-state index in [-0.39, 0.29) is 42.4 Å². The highest BCUT2D eigenvalue weighted by Crippen LogP contribution is 2.37. The van der Waals surface area contributed by atoms with Crippen LogP contribution >= 0.6 is 0 Å². The molecular weight excluding hydrogens is 586 g/mol. The van der Waals surface area contributed by atoms with Crippen LogP contribution in [0.1, 0.15) is 49.3 Å². The van der Waals surface area contributed by atoms with Crippen LogP contribution in [0.15, 0.2) is 66.2 Å². The number of amides is 2. The predicted octanol–water partition coefficient (Wildman–Crippen LogP) is 5.79. The number of nitrogens with zero attached hydrogens (tertiary/aromatic N) is 2. The van der Waals surface area contributed by atoms with Gasteiger partial charge in [-0.15, -0.1) is 0 Å². The van der Waals surface area contributed by atoms with Crippen molar-refractivity contribution in [3.05, 3.63) is 106 Å². The van der Waals surface area contributed by atoms with Crippen molar-refractivity contribution < 1.29 is 31.9 Å². The molecule has 1 saturated carbocycles. The molecule has 0 radical (unpaired) electrons. The van der Waals surface area contributed by atoms with Crippen LogP contribution in [0.4, 0.5) is 17.6 Å². The number of halogens is 4. The van der Waals surface area contributed by atoms with Gasteiger partial charge in [-0.05, 0) is 78.6 Å². The van der Waals surface area contributed by atoms with Gasteiger partial charge < -0.3 is 19.9 Å². The van der Waals surface area contributed by atoms with E-state index in [0.29, 0.717) is 44.5 Å². The average molecular weight is 622 g/mol. The Morgan fingerprint density at radius 1 is 0.911 bits per heavy atom. The molecule has 0 aromatic heterocycles. The van der Waals surface area contributed by atoms with Gasteiger partial charge in [0.05, 0.1) is 12.6 Å². The summed E-state index contributed by atoms with van der Waals surface area (Å²) in [7, 11) is 0. The summed E-state index contributed by atoms with van der Waals surface area (Å²) in [6, 6.07) is 15.5. The molecule has 6 nitrogen and oxygen atoms in total. The lowest BCUT2D eigenvalue weighted by Crippen LogP contribution is -2.61. The Labute approximate surface area is 259 Å². The van der Waals surface area contributed by atoms with E-state index in [0.717, 1.165) is 47.2 Å². The number of carbonyl (C=O) groups is 2. The Hall–Kier alpha value is -4.18. The predicted molar refractivity (Wildman–Crippen MR) is 161 cm³/mol. The molecule has 10 heteroatoms. The third-order valence-electron chi connectivity index (χ3n) is 8.76. The van der Waals surface area contributed by atoms with Gasteiger partial charge in [0, 0.05) is 44.2 Å². The molecule has 2 fully saturated rings. The maximum Gasteiger partial charge on any atom is 0.252 e. The van der Waals surface area contributed by atoms with Crippen molar-refractivity contribution in [2.75, 3.05) is 19.7 Å². The van der Waals surface area contributed by atoms with E-state index >= 15 is 0 Å². The Morgan fingerprint density at radius 3 is 2.29 bits per heavy atom. The number of rotatable bonds is 10. The van der Waals surface area contributed by atoms with Crippen molar-refractivity contribution in [1.82, 2.24) is 15.1 Å². The molecule has 1 aliphatic carbocycles. The first-order valence-electron chi connectivity index (χ1n) is 15.3.